The van der Waals surface area contributed by atoms with Crippen LogP contribution in [0.5, 0.6) is 0 Å². The lowest BCUT2D eigenvalue weighted by Gasteiger charge is -2.03. The Morgan fingerprint density at radius 3 is 2.43 bits per heavy atom. The first-order chi connectivity index (χ1) is 10.0. The lowest BCUT2D eigenvalue weighted by atomic mass is 10.1. The van der Waals surface area contributed by atoms with E-state index in [0.29, 0.717) is 17.4 Å². The molecule has 0 aliphatic rings. The number of aryl methyl sites for hydroxylation is 2. The Bertz CT molecular complexity index is 788. The summed E-state index contributed by atoms with van der Waals surface area (Å²) in [5, 5.41) is 4.06. The van der Waals surface area contributed by atoms with E-state index in [2.05, 4.69) is 15.1 Å². The average molecular weight is 280 g/mol. The summed E-state index contributed by atoms with van der Waals surface area (Å²) >= 11 is 0. The van der Waals surface area contributed by atoms with Gasteiger partial charge in [-0.3, -0.25) is 4.98 Å². The quantitative estimate of drug-likeness (QED) is 0.729. The van der Waals surface area contributed by atoms with Gasteiger partial charge in [0.15, 0.2) is 0 Å². The fourth-order valence-corrected chi connectivity index (χ4v) is 2.30. The fraction of sp³-hybridized carbons (Fsp3) is 0.188. The summed E-state index contributed by atoms with van der Waals surface area (Å²) in [7, 11) is 0. The third-order valence-corrected chi connectivity index (χ3v) is 3.37. The minimum absolute atomic E-state index is 0.474. The van der Waals surface area contributed by atoms with Crippen molar-refractivity contribution in [1.82, 2.24) is 15.1 Å². The van der Waals surface area contributed by atoms with Crippen LogP contribution in [0.25, 0.3) is 22.8 Å². The molecule has 2 N–H and O–H groups in total. The molecule has 2 heterocycles. The standard InChI is InChI=1S/C16H16N4O/c1-9-7-12(8-10(2)18-9)15-19-16(21-20-15)13-5-4-6-14(17)11(13)3/h4-8H,17H2,1-3H3. The predicted octanol–water partition coefficient (Wildman–Crippen LogP) is 3.31. The third kappa shape index (κ3) is 2.50. The molecule has 0 spiro atoms. The van der Waals surface area contributed by atoms with E-state index in [1.54, 1.807) is 0 Å². The van der Waals surface area contributed by atoms with Crippen LogP contribution in [0.3, 0.4) is 0 Å². The molecule has 0 bridgehead atoms. The van der Waals surface area contributed by atoms with Gasteiger partial charge >= 0.3 is 0 Å². The van der Waals surface area contributed by atoms with Crippen LogP contribution in [-0.4, -0.2) is 15.1 Å². The zero-order valence-corrected chi connectivity index (χ0v) is 12.2. The molecule has 5 heteroatoms. The number of nitrogens with zero attached hydrogens (tertiary/aromatic N) is 3. The maximum atomic E-state index is 5.92. The Kier molecular flexibility index (Phi) is 3.17. The van der Waals surface area contributed by atoms with Gasteiger partial charge in [0.1, 0.15) is 0 Å². The number of anilines is 1. The highest BCUT2D eigenvalue weighted by Crippen LogP contribution is 2.27. The SMILES string of the molecule is Cc1cc(-c2noc(-c3cccc(N)c3C)n2)cc(C)n1. The second-order valence-electron chi connectivity index (χ2n) is 5.08. The largest absolute Gasteiger partial charge is 0.398 e. The van der Waals surface area contributed by atoms with Crippen LogP contribution >= 0.6 is 0 Å². The summed E-state index contributed by atoms with van der Waals surface area (Å²) in [4.78, 5) is 8.82. The normalized spacial score (nSPS) is 10.8. The molecule has 0 aliphatic heterocycles. The Labute approximate surface area is 122 Å². The topological polar surface area (TPSA) is 77.8 Å². The highest BCUT2D eigenvalue weighted by Gasteiger charge is 2.14. The first kappa shape index (κ1) is 13.3. The minimum atomic E-state index is 0.474. The molecule has 0 unspecified atom stereocenters. The van der Waals surface area contributed by atoms with Gasteiger partial charge in [-0.05, 0) is 50.6 Å². The Morgan fingerprint density at radius 2 is 1.71 bits per heavy atom. The molecular weight excluding hydrogens is 264 g/mol. The first-order valence-corrected chi connectivity index (χ1v) is 6.69. The monoisotopic (exact) mass is 280 g/mol. The summed E-state index contributed by atoms with van der Waals surface area (Å²) in [6.45, 7) is 5.83. The Balaban J connectivity index is 2.06. The second-order valence-corrected chi connectivity index (χ2v) is 5.08. The van der Waals surface area contributed by atoms with Crippen LogP contribution in [0.15, 0.2) is 34.9 Å². The van der Waals surface area contributed by atoms with Crippen LogP contribution in [0.2, 0.25) is 0 Å². The van der Waals surface area contributed by atoms with Crippen molar-refractivity contribution in [2.75, 3.05) is 5.73 Å². The molecule has 2 aromatic heterocycles. The molecule has 5 nitrogen and oxygen atoms in total. The molecule has 1 aromatic carbocycles. The van der Waals surface area contributed by atoms with Gasteiger partial charge in [-0.25, -0.2) is 0 Å². The van der Waals surface area contributed by atoms with Crippen molar-refractivity contribution < 1.29 is 4.52 Å². The maximum Gasteiger partial charge on any atom is 0.258 e. The van der Waals surface area contributed by atoms with Gasteiger partial charge in [-0.1, -0.05) is 11.2 Å². The Hall–Kier alpha value is -2.69. The summed E-state index contributed by atoms with van der Waals surface area (Å²) in [6.07, 6.45) is 0. The van der Waals surface area contributed by atoms with Gasteiger partial charge in [-0.2, -0.15) is 4.98 Å². The predicted molar refractivity (Wildman–Crippen MR) is 81.6 cm³/mol. The van der Waals surface area contributed by atoms with E-state index in [0.717, 1.165) is 28.1 Å². The van der Waals surface area contributed by atoms with Gasteiger partial charge in [0.25, 0.3) is 5.89 Å². The van der Waals surface area contributed by atoms with E-state index in [4.69, 9.17) is 10.3 Å². The zero-order chi connectivity index (χ0) is 15.0. The van der Waals surface area contributed by atoms with Crippen LogP contribution in [-0.2, 0) is 0 Å². The van der Waals surface area contributed by atoms with Crippen molar-refractivity contribution in [3.05, 3.63) is 47.3 Å². The van der Waals surface area contributed by atoms with E-state index in [-0.39, 0.29) is 0 Å². The minimum Gasteiger partial charge on any atom is -0.398 e. The molecule has 0 saturated heterocycles. The highest BCUT2D eigenvalue weighted by molar-refractivity contribution is 5.68. The average Bonchev–Trinajstić information content (AvgIpc) is 2.90. The van der Waals surface area contributed by atoms with E-state index < -0.39 is 0 Å². The van der Waals surface area contributed by atoms with Crippen molar-refractivity contribution in [3.8, 4) is 22.8 Å². The molecule has 0 saturated carbocycles. The molecule has 0 radical (unpaired) electrons. The smallest absolute Gasteiger partial charge is 0.258 e. The first-order valence-electron chi connectivity index (χ1n) is 6.69. The van der Waals surface area contributed by atoms with Gasteiger partial charge in [0.05, 0.1) is 0 Å². The fourth-order valence-electron chi connectivity index (χ4n) is 2.30. The number of aromatic nitrogens is 3. The molecule has 0 atom stereocenters. The molecule has 0 fully saturated rings. The van der Waals surface area contributed by atoms with Crippen molar-refractivity contribution in [1.29, 1.82) is 0 Å². The van der Waals surface area contributed by atoms with Crippen molar-refractivity contribution in [2.24, 2.45) is 0 Å². The van der Waals surface area contributed by atoms with Crippen molar-refractivity contribution >= 4 is 5.69 Å². The number of pyridine rings is 1. The number of nitrogens with two attached hydrogens (primary N) is 1. The number of benzene rings is 1. The second kappa shape index (κ2) is 5.01. The van der Waals surface area contributed by atoms with Crippen LogP contribution in [0.1, 0.15) is 17.0 Å². The summed E-state index contributed by atoms with van der Waals surface area (Å²) in [6, 6.07) is 9.53. The number of rotatable bonds is 2. The van der Waals surface area contributed by atoms with Crippen LogP contribution < -0.4 is 5.73 Å². The molecule has 21 heavy (non-hydrogen) atoms. The van der Waals surface area contributed by atoms with Crippen LogP contribution in [0, 0.1) is 20.8 Å². The third-order valence-electron chi connectivity index (χ3n) is 3.37. The summed E-state index contributed by atoms with van der Waals surface area (Å²) in [5.41, 5.74) is 11.2. The molecule has 106 valence electrons. The van der Waals surface area contributed by atoms with Gasteiger partial charge in [0, 0.05) is 28.2 Å². The lowest BCUT2D eigenvalue weighted by molar-refractivity contribution is 0.432. The van der Waals surface area contributed by atoms with Crippen molar-refractivity contribution in [2.45, 2.75) is 20.8 Å². The molecular formula is C16H16N4O. The molecule has 0 amide bonds. The summed E-state index contributed by atoms with van der Waals surface area (Å²) < 4.78 is 5.38. The Morgan fingerprint density at radius 1 is 1.00 bits per heavy atom. The number of hydrogen-bond acceptors (Lipinski definition) is 5. The van der Waals surface area contributed by atoms with Gasteiger partial charge in [0.2, 0.25) is 5.82 Å². The lowest BCUT2D eigenvalue weighted by Crippen LogP contribution is -1.92. The highest BCUT2D eigenvalue weighted by atomic mass is 16.5. The van der Waals surface area contributed by atoms with Crippen molar-refractivity contribution in [3.63, 3.8) is 0 Å². The molecule has 0 aliphatic carbocycles. The van der Waals surface area contributed by atoms with E-state index in [9.17, 15) is 0 Å². The zero-order valence-electron chi connectivity index (χ0n) is 12.2. The summed E-state index contributed by atoms with van der Waals surface area (Å²) in [5.74, 6) is 1.03. The van der Waals surface area contributed by atoms with Gasteiger partial charge < -0.3 is 10.3 Å². The number of hydrogen-bond donors (Lipinski definition) is 1. The molecule has 3 aromatic rings. The van der Waals surface area contributed by atoms with E-state index in [1.165, 1.54) is 0 Å². The maximum absolute atomic E-state index is 5.92. The van der Waals surface area contributed by atoms with Crippen LogP contribution in [0.4, 0.5) is 5.69 Å². The number of nitrogen functional groups attached to an aromatic ring is 1. The molecule has 3 rings (SSSR count). The van der Waals surface area contributed by atoms with E-state index in [1.807, 2.05) is 51.1 Å². The van der Waals surface area contributed by atoms with Gasteiger partial charge in [-0.15, -0.1) is 0 Å². The van der Waals surface area contributed by atoms with E-state index >= 15 is 0 Å².